The molecule has 0 radical (unpaired) electrons. The van der Waals surface area contributed by atoms with Crippen molar-refractivity contribution in [1.82, 2.24) is 0 Å². The van der Waals surface area contributed by atoms with Crippen LogP contribution in [0.5, 0.6) is 0 Å². The molecule has 17 heteroatoms. The first-order valence-electron chi connectivity index (χ1n) is 25.9. The predicted octanol–water partition coefficient (Wildman–Crippen LogP) is 5.66. The topological polar surface area (TPSA) is 261 Å². The highest BCUT2D eigenvalue weighted by molar-refractivity contribution is 5.83. The summed E-state index contributed by atoms with van der Waals surface area (Å²) in [6.07, 6.45) is 7.44. The zero-order chi connectivity index (χ0) is 50.6. The Morgan fingerprint density at radius 3 is 1.46 bits per heavy atom. The van der Waals surface area contributed by atoms with Gasteiger partial charge in [-0.1, -0.05) is 76.4 Å². The van der Waals surface area contributed by atoms with Gasteiger partial charge < -0.3 is 63.8 Å². The van der Waals surface area contributed by atoms with Crippen molar-refractivity contribution in [3.05, 3.63) is 23.3 Å². The summed E-state index contributed by atoms with van der Waals surface area (Å²) in [5.41, 5.74) is 1.33. The van der Waals surface area contributed by atoms with Crippen molar-refractivity contribution in [3.8, 4) is 0 Å². The fourth-order valence-electron chi connectivity index (χ4n) is 9.51. The number of carbonyl (C=O) groups is 4. The maximum absolute atomic E-state index is 13.2. The van der Waals surface area contributed by atoms with Crippen molar-refractivity contribution in [2.75, 3.05) is 26.4 Å². The number of hydrogen-bond acceptors (Lipinski definition) is 16. The first-order valence-corrected chi connectivity index (χ1v) is 25.9. The molecule has 0 spiro atoms. The number of ether oxygens (including phenoxy) is 7. The molecule has 0 aliphatic carbocycles. The fraction of sp³-hybridized carbons (Fsp3) is 0.846. The van der Waals surface area contributed by atoms with Gasteiger partial charge in [-0.3, -0.25) is 9.59 Å². The summed E-state index contributed by atoms with van der Waals surface area (Å²) in [6.45, 7) is 11.8. The Morgan fingerprint density at radius 1 is 0.565 bits per heavy atom. The van der Waals surface area contributed by atoms with Crippen LogP contribution in [0, 0.1) is 23.7 Å². The minimum Gasteiger partial charge on any atom is -0.481 e. The molecule has 8 unspecified atom stereocenters. The van der Waals surface area contributed by atoms with E-state index in [4.69, 9.17) is 38.3 Å². The molecule has 4 saturated heterocycles. The van der Waals surface area contributed by atoms with Gasteiger partial charge in [0.2, 0.25) is 0 Å². The van der Waals surface area contributed by atoms with Crippen LogP contribution in [0.1, 0.15) is 157 Å². The first kappa shape index (κ1) is 58.6. The molecule has 4 aliphatic rings. The van der Waals surface area contributed by atoms with Gasteiger partial charge >= 0.3 is 23.9 Å². The second-order valence-electron chi connectivity index (χ2n) is 20.5. The van der Waals surface area contributed by atoms with E-state index in [2.05, 4.69) is 0 Å². The molecule has 0 amide bonds. The number of esters is 3. The van der Waals surface area contributed by atoms with Crippen LogP contribution in [0.25, 0.3) is 0 Å². The fourth-order valence-corrected chi connectivity index (χ4v) is 9.51. The Kier molecular flexibility index (Phi) is 25.6. The molecule has 0 aromatic carbocycles. The third-order valence-electron chi connectivity index (χ3n) is 14.4. The number of carboxylic acid groups (broad SMARTS) is 1. The van der Waals surface area contributed by atoms with Gasteiger partial charge in [-0.15, -0.1) is 0 Å². The number of carbonyl (C=O) groups excluding carboxylic acids is 3. The molecule has 0 aromatic heterocycles. The summed E-state index contributed by atoms with van der Waals surface area (Å²) in [4.78, 5) is 48.9. The summed E-state index contributed by atoms with van der Waals surface area (Å²) < 4.78 is 40.4. The number of aliphatic hydroxyl groups is 5. The molecule has 396 valence electrons. The second kappa shape index (κ2) is 30.1. The molecule has 4 aliphatic heterocycles. The number of unbranched alkanes of at least 4 members (excludes halogenated alkanes) is 10. The summed E-state index contributed by atoms with van der Waals surface area (Å²) >= 11 is 0. The number of aliphatic hydroxyl groups excluding tert-OH is 5. The molecule has 4 rings (SSSR count). The summed E-state index contributed by atoms with van der Waals surface area (Å²) in [6, 6.07) is 0. The molecular weight excluding hydrogens is 897 g/mol. The Balaban J connectivity index is 1.11. The monoisotopic (exact) mass is 983 g/mol. The van der Waals surface area contributed by atoms with E-state index in [0.717, 1.165) is 51.4 Å². The van der Waals surface area contributed by atoms with E-state index in [9.17, 15) is 44.7 Å². The van der Waals surface area contributed by atoms with Crippen molar-refractivity contribution in [2.45, 2.75) is 230 Å². The highest BCUT2D eigenvalue weighted by atomic mass is 16.6. The molecule has 0 saturated carbocycles. The second-order valence-corrected chi connectivity index (χ2v) is 20.5. The first-order chi connectivity index (χ1) is 32.9. The van der Waals surface area contributed by atoms with Crippen molar-refractivity contribution >= 4 is 23.9 Å². The molecule has 6 N–H and O–H groups in total. The van der Waals surface area contributed by atoms with Crippen LogP contribution in [0.4, 0.5) is 0 Å². The maximum atomic E-state index is 13.2. The van der Waals surface area contributed by atoms with E-state index in [1.54, 1.807) is 27.7 Å². The molecule has 69 heavy (non-hydrogen) atoms. The van der Waals surface area contributed by atoms with Gasteiger partial charge in [-0.2, -0.15) is 0 Å². The minimum atomic E-state index is -1.11. The zero-order valence-electron chi connectivity index (χ0n) is 42.1. The molecular formula is C52H86O17. The lowest BCUT2D eigenvalue weighted by Crippen LogP contribution is -2.52. The van der Waals surface area contributed by atoms with Crippen LogP contribution in [0.2, 0.25) is 0 Å². The minimum absolute atomic E-state index is 0.0176. The number of aliphatic carboxylic acids is 1. The van der Waals surface area contributed by atoms with Gasteiger partial charge in [0, 0.05) is 48.7 Å². The Morgan fingerprint density at radius 2 is 0.986 bits per heavy atom. The van der Waals surface area contributed by atoms with Gasteiger partial charge in [0.25, 0.3) is 0 Å². The molecule has 0 bridgehead atoms. The summed E-state index contributed by atoms with van der Waals surface area (Å²) in [7, 11) is 0. The van der Waals surface area contributed by atoms with Gasteiger partial charge in [0.05, 0.1) is 81.4 Å². The number of rotatable bonds is 33. The largest absolute Gasteiger partial charge is 0.481 e. The van der Waals surface area contributed by atoms with Crippen LogP contribution in [0.15, 0.2) is 23.3 Å². The van der Waals surface area contributed by atoms with E-state index >= 15 is 0 Å². The summed E-state index contributed by atoms with van der Waals surface area (Å²) in [5, 5.41) is 61.8. The lowest BCUT2D eigenvalue weighted by atomic mass is 9.85. The van der Waals surface area contributed by atoms with Crippen LogP contribution < -0.4 is 0 Å². The Labute approximate surface area is 409 Å². The number of epoxide rings is 2. The van der Waals surface area contributed by atoms with E-state index in [0.29, 0.717) is 49.7 Å². The molecule has 4 heterocycles. The third-order valence-corrected chi connectivity index (χ3v) is 14.4. The zero-order valence-corrected chi connectivity index (χ0v) is 42.1. The molecule has 16 atom stereocenters. The standard InChI is InChI=1S/C52H86O17/c1-31(23-39-49(62)47(60)37(29-65-39)27-41-50(67-41)33(3)35(5)53)25-45(58)63-21-18-14-10-8-12-16-20-44(57)69-52-40(66-30-38(48(52)61)28-42-51(68-42)34(4)36(6)54)24-32(2)26-46(59)64-22-17-13-9-7-11-15-19-43(55)56/h25-26,33-42,47-54,60-62H,7-24,27-30H2,1-6H3,(H,55,56)/t33?,34?,35?,36?,37-,38-,39?,40?,41-,42-,47+,48+,49-,50?,51?,52-/m0/s1. The number of carboxylic acids is 1. The normalized spacial score (nSPS) is 31.0. The van der Waals surface area contributed by atoms with Crippen molar-refractivity contribution < 1.29 is 83.0 Å². The van der Waals surface area contributed by atoms with Crippen molar-refractivity contribution in [2.24, 2.45) is 23.7 Å². The lowest BCUT2D eigenvalue weighted by Gasteiger charge is -2.40. The Bertz CT molecular complexity index is 1630. The smallest absolute Gasteiger partial charge is 0.330 e. The lowest BCUT2D eigenvalue weighted by molar-refractivity contribution is -0.196. The van der Waals surface area contributed by atoms with Crippen LogP contribution in [-0.4, -0.2) is 154 Å². The average molecular weight is 983 g/mol. The van der Waals surface area contributed by atoms with Crippen LogP contribution >= 0.6 is 0 Å². The van der Waals surface area contributed by atoms with E-state index in [1.807, 2.05) is 13.8 Å². The van der Waals surface area contributed by atoms with Crippen molar-refractivity contribution in [1.29, 1.82) is 0 Å². The average Bonchev–Trinajstić information content (AvgIpc) is 4.23. The van der Waals surface area contributed by atoms with Gasteiger partial charge in [-0.05, 0) is 79.1 Å². The molecule has 4 fully saturated rings. The quantitative estimate of drug-likeness (QED) is 0.0152. The Hall–Kier alpha value is -3.00. The summed E-state index contributed by atoms with van der Waals surface area (Å²) in [5.74, 6) is -2.92. The van der Waals surface area contributed by atoms with Crippen molar-refractivity contribution in [3.63, 3.8) is 0 Å². The van der Waals surface area contributed by atoms with E-state index in [-0.39, 0.29) is 100 Å². The maximum Gasteiger partial charge on any atom is 0.330 e. The van der Waals surface area contributed by atoms with Gasteiger partial charge in [-0.25, -0.2) is 9.59 Å². The van der Waals surface area contributed by atoms with E-state index < -0.39 is 72.7 Å². The van der Waals surface area contributed by atoms with Crippen LogP contribution in [0.3, 0.4) is 0 Å². The predicted molar refractivity (Wildman–Crippen MR) is 254 cm³/mol. The molecule has 0 aromatic rings. The SMILES string of the molecule is CC(=CC(=O)OCCCCCCCCC(=O)O[C@H]1C(CC(C)=CC(=O)OCCCCCCCCC(=O)O)OC[C@H](C[C@@H]2OC2C(C)C(C)O)[C@H]1O)CC1OC[C@H](C[C@@H]2OC2C(C)C(C)O)[C@@H](O)[C@H]1O. The van der Waals surface area contributed by atoms with Gasteiger partial charge in [0.15, 0.2) is 6.10 Å². The van der Waals surface area contributed by atoms with Gasteiger partial charge in [0.1, 0.15) is 12.2 Å². The number of hydrogen-bond donors (Lipinski definition) is 6. The highest BCUT2D eigenvalue weighted by Gasteiger charge is 2.50. The third kappa shape index (κ3) is 20.9. The highest BCUT2D eigenvalue weighted by Crippen LogP contribution is 2.40. The van der Waals surface area contributed by atoms with E-state index in [1.165, 1.54) is 12.2 Å². The molecule has 17 nitrogen and oxygen atoms in total. The van der Waals surface area contributed by atoms with Crippen LogP contribution in [-0.2, 0) is 52.3 Å².